The summed E-state index contributed by atoms with van der Waals surface area (Å²) in [5.41, 5.74) is 4.80. The fourth-order valence-electron chi connectivity index (χ4n) is 4.49. The molecule has 3 aromatic rings. The van der Waals surface area contributed by atoms with Gasteiger partial charge in [0.05, 0.1) is 6.04 Å². The molecule has 2 atom stereocenters. The molecule has 3 nitrogen and oxygen atoms in total. The standard InChI is InChI=1S/C26H28N2O/c1-20-19-26(28(21(2)29)23-13-7-4-8-14-23)24-15-9-10-16-25(24)27(20)18-17-22-11-5-3-6-12-22/h3-16,20,26H,17-19H2,1-2H3/t20-,26-/m1/s1. The summed E-state index contributed by atoms with van der Waals surface area (Å²) in [6.45, 7) is 4.92. The van der Waals surface area contributed by atoms with Crippen molar-refractivity contribution in [2.45, 2.75) is 38.8 Å². The molecular weight excluding hydrogens is 356 g/mol. The monoisotopic (exact) mass is 384 g/mol. The number of carbonyl (C=O) groups excluding carboxylic acids is 1. The first-order valence-corrected chi connectivity index (χ1v) is 10.4. The lowest BCUT2D eigenvalue weighted by atomic mass is 9.89. The highest BCUT2D eigenvalue weighted by Crippen LogP contribution is 2.42. The number of carbonyl (C=O) groups is 1. The Morgan fingerprint density at radius 2 is 1.55 bits per heavy atom. The van der Waals surface area contributed by atoms with Gasteiger partial charge in [0.25, 0.3) is 0 Å². The van der Waals surface area contributed by atoms with Crippen LogP contribution in [0.1, 0.15) is 37.4 Å². The number of amides is 1. The molecule has 1 aliphatic rings. The number of fused-ring (bicyclic) bond motifs is 1. The smallest absolute Gasteiger partial charge is 0.224 e. The summed E-state index contributed by atoms with van der Waals surface area (Å²) in [7, 11) is 0. The minimum absolute atomic E-state index is 0.0501. The molecule has 0 saturated heterocycles. The molecule has 0 bridgehead atoms. The third-order valence-corrected chi connectivity index (χ3v) is 5.87. The molecule has 3 heteroatoms. The van der Waals surface area contributed by atoms with Crippen molar-refractivity contribution in [1.82, 2.24) is 0 Å². The van der Waals surface area contributed by atoms with Gasteiger partial charge in [-0.25, -0.2) is 0 Å². The number of benzene rings is 3. The zero-order valence-electron chi connectivity index (χ0n) is 17.2. The van der Waals surface area contributed by atoms with E-state index in [0.29, 0.717) is 6.04 Å². The Morgan fingerprint density at radius 1 is 0.931 bits per heavy atom. The largest absolute Gasteiger partial charge is 0.368 e. The fraction of sp³-hybridized carbons (Fsp3) is 0.269. The second kappa shape index (κ2) is 8.52. The molecule has 0 aromatic heterocycles. The van der Waals surface area contributed by atoms with E-state index in [1.54, 1.807) is 6.92 Å². The molecule has 4 rings (SSSR count). The molecule has 0 spiro atoms. The van der Waals surface area contributed by atoms with E-state index >= 15 is 0 Å². The second-order valence-corrected chi connectivity index (χ2v) is 7.81. The third kappa shape index (κ3) is 4.04. The minimum atomic E-state index is 0.0501. The van der Waals surface area contributed by atoms with Crippen molar-refractivity contribution in [3.63, 3.8) is 0 Å². The van der Waals surface area contributed by atoms with Crippen LogP contribution >= 0.6 is 0 Å². The van der Waals surface area contributed by atoms with E-state index in [1.807, 2.05) is 35.2 Å². The van der Waals surface area contributed by atoms with Crippen LogP contribution in [0.4, 0.5) is 11.4 Å². The summed E-state index contributed by atoms with van der Waals surface area (Å²) in [5.74, 6) is 0.0842. The van der Waals surface area contributed by atoms with Crippen LogP contribution in [-0.4, -0.2) is 18.5 Å². The van der Waals surface area contributed by atoms with Crippen molar-refractivity contribution in [2.75, 3.05) is 16.3 Å². The summed E-state index contributed by atoms with van der Waals surface area (Å²) in [4.78, 5) is 17.1. The van der Waals surface area contributed by atoms with E-state index in [4.69, 9.17) is 0 Å². The van der Waals surface area contributed by atoms with E-state index in [0.717, 1.165) is 25.1 Å². The topological polar surface area (TPSA) is 23.6 Å². The van der Waals surface area contributed by atoms with Gasteiger partial charge in [-0.1, -0.05) is 66.7 Å². The Bertz CT molecular complexity index is 955. The summed E-state index contributed by atoms with van der Waals surface area (Å²) in [6, 6.07) is 29.6. The second-order valence-electron chi connectivity index (χ2n) is 7.81. The average molecular weight is 385 g/mol. The highest BCUT2D eigenvalue weighted by molar-refractivity contribution is 5.92. The summed E-state index contributed by atoms with van der Waals surface area (Å²) in [6.07, 6.45) is 1.93. The molecule has 3 aromatic carbocycles. The van der Waals surface area contributed by atoms with Gasteiger partial charge in [-0.3, -0.25) is 4.79 Å². The van der Waals surface area contributed by atoms with Crippen LogP contribution in [0.3, 0.4) is 0 Å². The molecule has 0 N–H and O–H groups in total. The predicted octanol–water partition coefficient (Wildman–Crippen LogP) is 5.62. The first-order chi connectivity index (χ1) is 14.1. The molecule has 0 aliphatic carbocycles. The van der Waals surface area contributed by atoms with Crippen LogP contribution in [-0.2, 0) is 11.2 Å². The van der Waals surface area contributed by atoms with Crippen LogP contribution in [0.25, 0.3) is 0 Å². The normalized spacial score (nSPS) is 18.2. The Labute approximate surface area is 173 Å². The number of nitrogens with zero attached hydrogens (tertiary/aromatic N) is 2. The Hall–Kier alpha value is -3.07. The quantitative estimate of drug-likeness (QED) is 0.570. The molecule has 1 amide bonds. The number of hydrogen-bond donors (Lipinski definition) is 0. The molecule has 1 aliphatic heterocycles. The fourth-order valence-corrected chi connectivity index (χ4v) is 4.49. The van der Waals surface area contributed by atoms with Crippen molar-refractivity contribution in [2.24, 2.45) is 0 Å². The first-order valence-electron chi connectivity index (χ1n) is 10.4. The number of hydrogen-bond acceptors (Lipinski definition) is 2. The van der Waals surface area contributed by atoms with E-state index in [1.165, 1.54) is 16.8 Å². The van der Waals surface area contributed by atoms with E-state index in [-0.39, 0.29) is 11.9 Å². The Kier molecular flexibility index (Phi) is 5.66. The van der Waals surface area contributed by atoms with Crippen LogP contribution in [0.2, 0.25) is 0 Å². The number of para-hydroxylation sites is 2. The zero-order valence-corrected chi connectivity index (χ0v) is 17.2. The van der Waals surface area contributed by atoms with Gasteiger partial charge < -0.3 is 9.80 Å². The Morgan fingerprint density at radius 3 is 2.24 bits per heavy atom. The summed E-state index contributed by atoms with van der Waals surface area (Å²) < 4.78 is 0. The van der Waals surface area contributed by atoms with Gasteiger partial charge in [0, 0.05) is 30.9 Å². The van der Waals surface area contributed by atoms with Gasteiger partial charge in [0.1, 0.15) is 0 Å². The van der Waals surface area contributed by atoms with Crippen molar-refractivity contribution >= 4 is 17.3 Å². The molecule has 0 saturated carbocycles. The molecular formula is C26H28N2O. The van der Waals surface area contributed by atoms with Gasteiger partial charge in [-0.05, 0) is 49.1 Å². The lowest BCUT2D eigenvalue weighted by Crippen LogP contribution is -2.45. The molecule has 29 heavy (non-hydrogen) atoms. The molecule has 0 unspecified atom stereocenters. The first kappa shape index (κ1) is 19.3. The SMILES string of the molecule is CC(=O)N(c1ccccc1)[C@@H]1C[C@@H](C)N(CCc2ccccc2)c2ccccc21. The summed E-state index contributed by atoms with van der Waals surface area (Å²) >= 11 is 0. The molecule has 148 valence electrons. The predicted molar refractivity (Wildman–Crippen MR) is 120 cm³/mol. The molecule has 0 radical (unpaired) electrons. The number of rotatable bonds is 5. The van der Waals surface area contributed by atoms with Crippen molar-refractivity contribution in [3.05, 3.63) is 96.1 Å². The highest BCUT2D eigenvalue weighted by atomic mass is 16.2. The van der Waals surface area contributed by atoms with Crippen LogP contribution in [0.15, 0.2) is 84.9 Å². The molecule has 0 fully saturated rings. The average Bonchev–Trinajstić information content (AvgIpc) is 2.75. The van der Waals surface area contributed by atoms with Crippen molar-refractivity contribution in [3.8, 4) is 0 Å². The highest BCUT2D eigenvalue weighted by Gasteiger charge is 2.35. The third-order valence-electron chi connectivity index (χ3n) is 5.87. The lowest BCUT2D eigenvalue weighted by Gasteiger charge is -2.44. The van der Waals surface area contributed by atoms with Crippen LogP contribution in [0, 0.1) is 0 Å². The maximum atomic E-state index is 12.7. The zero-order chi connectivity index (χ0) is 20.2. The van der Waals surface area contributed by atoms with Gasteiger partial charge in [-0.2, -0.15) is 0 Å². The number of anilines is 2. The van der Waals surface area contributed by atoms with E-state index in [9.17, 15) is 4.79 Å². The maximum absolute atomic E-state index is 12.7. The maximum Gasteiger partial charge on any atom is 0.224 e. The van der Waals surface area contributed by atoms with E-state index < -0.39 is 0 Å². The lowest BCUT2D eigenvalue weighted by molar-refractivity contribution is -0.117. The summed E-state index contributed by atoms with van der Waals surface area (Å²) in [5, 5.41) is 0. The van der Waals surface area contributed by atoms with E-state index in [2.05, 4.69) is 66.4 Å². The van der Waals surface area contributed by atoms with Gasteiger partial charge in [0.2, 0.25) is 5.91 Å². The van der Waals surface area contributed by atoms with Crippen molar-refractivity contribution < 1.29 is 4.79 Å². The van der Waals surface area contributed by atoms with Gasteiger partial charge in [0.15, 0.2) is 0 Å². The van der Waals surface area contributed by atoms with Crippen molar-refractivity contribution in [1.29, 1.82) is 0 Å². The van der Waals surface area contributed by atoms with Gasteiger partial charge in [-0.15, -0.1) is 0 Å². The van der Waals surface area contributed by atoms with Crippen LogP contribution in [0.5, 0.6) is 0 Å². The van der Waals surface area contributed by atoms with Gasteiger partial charge >= 0.3 is 0 Å². The minimum Gasteiger partial charge on any atom is -0.368 e. The Balaban J connectivity index is 1.66. The van der Waals surface area contributed by atoms with Crippen LogP contribution < -0.4 is 9.80 Å². The molecule has 1 heterocycles.